The lowest BCUT2D eigenvalue weighted by Gasteiger charge is -2.23. The summed E-state index contributed by atoms with van der Waals surface area (Å²) < 4.78 is 5.53. The zero-order valence-electron chi connectivity index (χ0n) is 16.7. The maximum atomic E-state index is 12.8. The van der Waals surface area contributed by atoms with E-state index in [0.717, 1.165) is 30.7 Å². The smallest absolute Gasteiger partial charge is 0.255 e. The molecule has 0 saturated carbocycles. The number of anilines is 1. The first-order valence-electron chi connectivity index (χ1n) is 9.75. The number of hydrogen-bond donors (Lipinski definition) is 2. The maximum absolute atomic E-state index is 12.8. The molecule has 1 aliphatic heterocycles. The number of carbonyl (C=O) groups excluding carboxylic acids is 2. The number of ether oxygens (including phenoxy) is 1. The quantitative estimate of drug-likeness (QED) is 0.819. The van der Waals surface area contributed by atoms with Gasteiger partial charge in [-0.3, -0.25) is 9.59 Å². The topological polar surface area (TPSA) is 67.4 Å². The molecule has 1 heterocycles. The van der Waals surface area contributed by atoms with Crippen molar-refractivity contribution in [1.29, 1.82) is 0 Å². The molecule has 148 valence electrons. The monoisotopic (exact) mass is 380 g/mol. The van der Waals surface area contributed by atoms with Gasteiger partial charge < -0.3 is 15.4 Å². The van der Waals surface area contributed by atoms with Crippen molar-refractivity contribution in [1.82, 2.24) is 5.32 Å². The molecule has 3 rings (SSSR count). The molecule has 0 radical (unpaired) electrons. The summed E-state index contributed by atoms with van der Waals surface area (Å²) in [6, 6.07) is 14.6. The Bertz CT molecular complexity index is 849. The van der Waals surface area contributed by atoms with Gasteiger partial charge in [0.1, 0.15) is 0 Å². The molecule has 0 aromatic heterocycles. The highest BCUT2D eigenvalue weighted by molar-refractivity contribution is 6.06. The Labute approximate surface area is 166 Å². The van der Waals surface area contributed by atoms with Crippen molar-refractivity contribution in [2.75, 3.05) is 18.5 Å². The molecule has 0 bridgehead atoms. The minimum absolute atomic E-state index is 0.0873. The number of carbonyl (C=O) groups is 2. The SMILES string of the molecule is CC(C)(C)c1ccccc1NC(=O)c1cccc(C(=O)NCC2CCCO2)c1. The summed E-state index contributed by atoms with van der Waals surface area (Å²) in [7, 11) is 0. The number of para-hydroxylation sites is 1. The molecule has 2 aromatic carbocycles. The van der Waals surface area contributed by atoms with Crippen LogP contribution in [0, 0.1) is 0 Å². The molecule has 2 amide bonds. The van der Waals surface area contributed by atoms with Gasteiger partial charge in [0.15, 0.2) is 0 Å². The van der Waals surface area contributed by atoms with E-state index in [9.17, 15) is 9.59 Å². The van der Waals surface area contributed by atoms with Gasteiger partial charge in [-0.15, -0.1) is 0 Å². The van der Waals surface area contributed by atoms with Gasteiger partial charge in [-0.2, -0.15) is 0 Å². The van der Waals surface area contributed by atoms with Crippen LogP contribution in [0.25, 0.3) is 0 Å². The van der Waals surface area contributed by atoms with Gasteiger partial charge in [0.05, 0.1) is 6.10 Å². The fraction of sp³-hybridized carbons (Fsp3) is 0.391. The molecule has 1 fully saturated rings. The molecule has 5 heteroatoms. The van der Waals surface area contributed by atoms with Crippen LogP contribution in [0.2, 0.25) is 0 Å². The van der Waals surface area contributed by atoms with E-state index in [1.807, 2.05) is 24.3 Å². The third-order valence-corrected chi connectivity index (χ3v) is 4.88. The number of amides is 2. The Morgan fingerprint density at radius 3 is 2.43 bits per heavy atom. The van der Waals surface area contributed by atoms with Gasteiger partial charge in [-0.25, -0.2) is 0 Å². The zero-order valence-corrected chi connectivity index (χ0v) is 16.7. The van der Waals surface area contributed by atoms with Crippen LogP contribution in [0.4, 0.5) is 5.69 Å². The predicted octanol–water partition coefficient (Wildman–Crippen LogP) is 4.15. The molecule has 1 atom stereocenters. The molecule has 0 aliphatic carbocycles. The van der Waals surface area contributed by atoms with Crippen LogP contribution in [-0.2, 0) is 10.2 Å². The van der Waals surface area contributed by atoms with Crippen molar-refractivity contribution in [3.63, 3.8) is 0 Å². The van der Waals surface area contributed by atoms with E-state index < -0.39 is 0 Å². The molecular formula is C23H28N2O3. The van der Waals surface area contributed by atoms with Gasteiger partial charge in [0, 0.05) is 30.0 Å². The van der Waals surface area contributed by atoms with Crippen LogP contribution in [-0.4, -0.2) is 31.1 Å². The fourth-order valence-electron chi connectivity index (χ4n) is 3.36. The van der Waals surface area contributed by atoms with Crippen molar-refractivity contribution in [3.05, 3.63) is 65.2 Å². The third-order valence-electron chi connectivity index (χ3n) is 4.88. The molecule has 5 nitrogen and oxygen atoms in total. The minimum atomic E-state index is -0.231. The van der Waals surface area contributed by atoms with Crippen LogP contribution >= 0.6 is 0 Å². The molecule has 1 unspecified atom stereocenters. The predicted molar refractivity (Wildman–Crippen MR) is 111 cm³/mol. The summed E-state index contributed by atoms with van der Waals surface area (Å²) in [5.74, 6) is -0.425. The van der Waals surface area contributed by atoms with Crippen molar-refractivity contribution in [2.24, 2.45) is 0 Å². The normalized spacial score (nSPS) is 16.6. The standard InChI is InChI=1S/C23H28N2O3/c1-23(2,3)19-11-4-5-12-20(19)25-22(27)17-9-6-8-16(14-17)21(26)24-15-18-10-7-13-28-18/h4-6,8-9,11-12,14,18H,7,10,13,15H2,1-3H3,(H,24,26)(H,25,27). The van der Waals surface area contributed by atoms with Gasteiger partial charge >= 0.3 is 0 Å². The van der Waals surface area contributed by atoms with Gasteiger partial charge in [-0.05, 0) is 48.1 Å². The Morgan fingerprint density at radius 2 is 1.75 bits per heavy atom. The first-order valence-corrected chi connectivity index (χ1v) is 9.75. The Kier molecular flexibility index (Phi) is 6.15. The number of nitrogens with one attached hydrogen (secondary N) is 2. The highest BCUT2D eigenvalue weighted by Gasteiger charge is 2.20. The largest absolute Gasteiger partial charge is 0.376 e. The van der Waals surface area contributed by atoms with E-state index in [1.54, 1.807) is 24.3 Å². The number of hydrogen-bond acceptors (Lipinski definition) is 3. The van der Waals surface area contributed by atoms with Crippen molar-refractivity contribution < 1.29 is 14.3 Å². The fourth-order valence-corrected chi connectivity index (χ4v) is 3.36. The van der Waals surface area contributed by atoms with E-state index in [1.165, 1.54) is 0 Å². The third kappa shape index (κ3) is 4.98. The Morgan fingerprint density at radius 1 is 1.04 bits per heavy atom. The van der Waals surface area contributed by atoms with Crippen molar-refractivity contribution >= 4 is 17.5 Å². The Hall–Kier alpha value is -2.66. The second-order valence-corrected chi connectivity index (χ2v) is 8.18. The average molecular weight is 380 g/mol. The molecule has 2 N–H and O–H groups in total. The highest BCUT2D eigenvalue weighted by Crippen LogP contribution is 2.29. The highest BCUT2D eigenvalue weighted by atomic mass is 16.5. The van der Waals surface area contributed by atoms with Gasteiger partial charge in [0.2, 0.25) is 0 Å². The lowest BCUT2D eigenvalue weighted by Crippen LogP contribution is -2.31. The molecular weight excluding hydrogens is 352 g/mol. The van der Waals surface area contributed by atoms with Crippen LogP contribution in [0.5, 0.6) is 0 Å². The summed E-state index contributed by atoms with van der Waals surface area (Å²) in [5, 5.41) is 5.88. The zero-order chi connectivity index (χ0) is 20.1. The number of benzene rings is 2. The van der Waals surface area contributed by atoms with Crippen LogP contribution in [0.15, 0.2) is 48.5 Å². The summed E-state index contributed by atoms with van der Waals surface area (Å²) in [4.78, 5) is 25.2. The van der Waals surface area contributed by atoms with Crippen molar-refractivity contribution in [2.45, 2.75) is 45.1 Å². The summed E-state index contributed by atoms with van der Waals surface area (Å²) in [5.41, 5.74) is 2.68. The van der Waals surface area contributed by atoms with E-state index in [2.05, 4.69) is 31.4 Å². The summed E-state index contributed by atoms with van der Waals surface area (Å²) >= 11 is 0. The van der Waals surface area contributed by atoms with Gasteiger partial charge in [-0.1, -0.05) is 45.0 Å². The summed E-state index contributed by atoms with van der Waals surface area (Å²) in [6.45, 7) is 7.57. The molecule has 28 heavy (non-hydrogen) atoms. The summed E-state index contributed by atoms with van der Waals surface area (Å²) in [6.07, 6.45) is 2.09. The first-order chi connectivity index (χ1) is 13.3. The van der Waals surface area contributed by atoms with E-state index in [-0.39, 0.29) is 23.3 Å². The van der Waals surface area contributed by atoms with E-state index >= 15 is 0 Å². The second-order valence-electron chi connectivity index (χ2n) is 8.18. The number of rotatable bonds is 5. The molecule has 1 aliphatic rings. The van der Waals surface area contributed by atoms with E-state index in [4.69, 9.17) is 4.74 Å². The van der Waals surface area contributed by atoms with Crippen LogP contribution in [0.3, 0.4) is 0 Å². The molecule has 2 aromatic rings. The molecule has 0 spiro atoms. The minimum Gasteiger partial charge on any atom is -0.376 e. The second kappa shape index (κ2) is 8.57. The van der Waals surface area contributed by atoms with Crippen LogP contribution in [0.1, 0.15) is 59.9 Å². The lowest BCUT2D eigenvalue weighted by atomic mass is 9.86. The Balaban J connectivity index is 1.70. The average Bonchev–Trinajstić information content (AvgIpc) is 3.19. The van der Waals surface area contributed by atoms with E-state index in [0.29, 0.717) is 17.7 Å². The molecule has 1 saturated heterocycles. The van der Waals surface area contributed by atoms with Crippen LogP contribution < -0.4 is 10.6 Å². The first kappa shape index (κ1) is 20.1. The van der Waals surface area contributed by atoms with Crippen molar-refractivity contribution in [3.8, 4) is 0 Å². The lowest BCUT2D eigenvalue weighted by molar-refractivity contribution is 0.0858. The van der Waals surface area contributed by atoms with Gasteiger partial charge in [0.25, 0.3) is 11.8 Å². The maximum Gasteiger partial charge on any atom is 0.255 e.